The number of hydrogen-bond donors (Lipinski definition) is 0. The number of carbonyl (C=O) groups is 1. The zero-order chi connectivity index (χ0) is 21.5. The van der Waals surface area contributed by atoms with E-state index in [1.165, 1.54) is 11.3 Å². The van der Waals surface area contributed by atoms with Crippen molar-refractivity contribution in [2.24, 2.45) is 0 Å². The monoisotopic (exact) mass is 463 g/mol. The quantitative estimate of drug-likeness (QED) is 0.391. The van der Waals surface area contributed by atoms with Crippen molar-refractivity contribution < 1.29 is 14.3 Å². The predicted octanol–water partition coefficient (Wildman–Crippen LogP) is 5.11. The van der Waals surface area contributed by atoms with E-state index in [4.69, 9.17) is 14.5 Å². The second-order valence-corrected chi connectivity index (χ2v) is 8.33. The number of halogens is 1. The number of ether oxygens (including phenoxy) is 2. The van der Waals surface area contributed by atoms with Crippen molar-refractivity contribution in [2.75, 3.05) is 45.8 Å². The number of aromatic nitrogens is 1. The lowest BCUT2D eigenvalue weighted by Crippen LogP contribution is -2.36. The van der Waals surface area contributed by atoms with Gasteiger partial charge in [0, 0.05) is 24.7 Å². The Labute approximate surface area is 194 Å². The molecular formula is C23H30ClN3O3S. The van der Waals surface area contributed by atoms with Gasteiger partial charge in [-0.3, -0.25) is 9.69 Å². The zero-order valence-corrected chi connectivity index (χ0v) is 20.1. The molecule has 1 aromatic heterocycles. The standard InChI is InChI=1S/C23H29N3O3S.ClH/c1-5-6-15-29-18-9-7-17(8-10-18)22(27)26(14-13-25(2)3)23-24-20-16-19(28-4)11-12-21(20)30-23;/h7-12,16H,5-6,13-15H2,1-4H3;1H. The first kappa shape index (κ1) is 24.9. The van der Waals surface area contributed by atoms with Crippen LogP contribution in [0.1, 0.15) is 30.1 Å². The highest BCUT2D eigenvalue weighted by molar-refractivity contribution is 7.22. The fraction of sp³-hybridized carbons (Fsp3) is 0.391. The van der Waals surface area contributed by atoms with E-state index >= 15 is 0 Å². The molecule has 0 fully saturated rings. The zero-order valence-electron chi connectivity index (χ0n) is 18.5. The van der Waals surface area contributed by atoms with E-state index in [9.17, 15) is 4.79 Å². The maximum absolute atomic E-state index is 13.3. The van der Waals surface area contributed by atoms with E-state index in [0.717, 1.165) is 41.1 Å². The average Bonchev–Trinajstić information content (AvgIpc) is 3.17. The van der Waals surface area contributed by atoms with Crippen molar-refractivity contribution in [1.29, 1.82) is 0 Å². The summed E-state index contributed by atoms with van der Waals surface area (Å²) in [6.07, 6.45) is 2.10. The van der Waals surface area contributed by atoms with E-state index < -0.39 is 0 Å². The maximum atomic E-state index is 13.3. The van der Waals surface area contributed by atoms with Gasteiger partial charge in [-0.1, -0.05) is 24.7 Å². The maximum Gasteiger partial charge on any atom is 0.260 e. The van der Waals surface area contributed by atoms with Crippen LogP contribution in [0.3, 0.4) is 0 Å². The number of methoxy groups -OCH3 is 1. The summed E-state index contributed by atoms with van der Waals surface area (Å²) in [5, 5.41) is 0.688. The number of thiazole rings is 1. The smallest absolute Gasteiger partial charge is 0.260 e. The first-order valence-corrected chi connectivity index (χ1v) is 11.0. The van der Waals surface area contributed by atoms with Gasteiger partial charge >= 0.3 is 0 Å². The topological polar surface area (TPSA) is 54.9 Å². The largest absolute Gasteiger partial charge is 0.497 e. The Morgan fingerprint density at radius 1 is 1.06 bits per heavy atom. The van der Waals surface area contributed by atoms with E-state index in [0.29, 0.717) is 23.8 Å². The molecule has 8 heteroatoms. The molecule has 2 aromatic carbocycles. The molecule has 0 saturated carbocycles. The van der Waals surface area contributed by atoms with Crippen molar-refractivity contribution >= 4 is 45.0 Å². The summed E-state index contributed by atoms with van der Waals surface area (Å²) in [5.74, 6) is 1.47. The van der Waals surface area contributed by atoms with Crippen LogP contribution in [0.15, 0.2) is 42.5 Å². The molecule has 3 aromatic rings. The van der Waals surface area contributed by atoms with Crippen molar-refractivity contribution in [2.45, 2.75) is 19.8 Å². The SMILES string of the molecule is CCCCOc1ccc(C(=O)N(CCN(C)C)c2nc3cc(OC)ccc3s2)cc1.Cl. The molecule has 0 saturated heterocycles. The van der Waals surface area contributed by atoms with Crippen LogP contribution >= 0.6 is 23.7 Å². The number of nitrogens with zero attached hydrogens (tertiary/aromatic N) is 3. The fourth-order valence-electron chi connectivity index (χ4n) is 2.91. The van der Waals surface area contributed by atoms with Crippen LogP contribution in [-0.2, 0) is 0 Å². The number of unbranched alkanes of at least 4 members (excludes halogenated alkanes) is 1. The van der Waals surface area contributed by atoms with Gasteiger partial charge in [-0.15, -0.1) is 12.4 Å². The Bertz CT molecular complexity index is 976. The van der Waals surface area contributed by atoms with Crippen LogP contribution in [0.25, 0.3) is 10.2 Å². The minimum absolute atomic E-state index is 0. The van der Waals surface area contributed by atoms with E-state index in [1.807, 2.05) is 56.6 Å². The third kappa shape index (κ3) is 6.56. The number of rotatable bonds is 10. The second kappa shape index (κ2) is 11.9. The van der Waals surface area contributed by atoms with Crippen molar-refractivity contribution in [3.8, 4) is 11.5 Å². The normalized spacial score (nSPS) is 10.7. The van der Waals surface area contributed by atoms with Crippen LogP contribution in [0.4, 0.5) is 5.13 Å². The van der Waals surface area contributed by atoms with Crippen LogP contribution in [0.2, 0.25) is 0 Å². The molecule has 31 heavy (non-hydrogen) atoms. The molecule has 3 rings (SSSR count). The molecule has 0 atom stereocenters. The van der Waals surface area contributed by atoms with Crippen molar-refractivity contribution in [3.05, 3.63) is 48.0 Å². The molecule has 1 heterocycles. The fourth-order valence-corrected chi connectivity index (χ4v) is 3.88. The summed E-state index contributed by atoms with van der Waals surface area (Å²) in [4.78, 5) is 21.9. The molecule has 0 aliphatic carbocycles. The van der Waals surface area contributed by atoms with Crippen LogP contribution in [0.5, 0.6) is 11.5 Å². The summed E-state index contributed by atoms with van der Waals surface area (Å²) in [6.45, 7) is 4.11. The molecule has 0 aliphatic heterocycles. The van der Waals surface area contributed by atoms with Gasteiger partial charge in [-0.05, 0) is 56.9 Å². The summed E-state index contributed by atoms with van der Waals surface area (Å²) in [7, 11) is 5.62. The molecule has 1 amide bonds. The van der Waals surface area contributed by atoms with Crippen molar-refractivity contribution in [3.63, 3.8) is 0 Å². The summed E-state index contributed by atoms with van der Waals surface area (Å²) in [6, 6.07) is 13.1. The van der Waals surface area contributed by atoms with Gasteiger partial charge in [0.1, 0.15) is 11.5 Å². The number of likely N-dealkylation sites (N-methyl/N-ethyl adjacent to an activating group) is 1. The van der Waals surface area contributed by atoms with Gasteiger partial charge in [0.2, 0.25) is 0 Å². The van der Waals surface area contributed by atoms with Gasteiger partial charge in [0.05, 0.1) is 23.9 Å². The molecule has 0 aliphatic rings. The van der Waals surface area contributed by atoms with E-state index in [1.54, 1.807) is 12.0 Å². The highest BCUT2D eigenvalue weighted by atomic mass is 35.5. The Morgan fingerprint density at radius 3 is 2.42 bits per heavy atom. The summed E-state index contributed by atoms with van der Waals surface area (Å²) < 4.78 is 12.0. The number of fused-ring (bicyclic) bond motifs is 1. The lowest BCUT2D eigenvalue weighted by atomic mass is 10.2. The molecule has 0 N–H and O–H groups in total. The average molecular weight is 464 g/mol. The molecule has 0 bridgehead atoms. The second-order valence-electron chi connectivity index (χ2n) is 7.32. The van der Waals surface area contributed by atoms with Crippen LogP contribution < -0.4 is 14.4 Å². The number of carbonyl (C=O) groups excluding carboxylic acids is 1. The predicted molar refractivity (Wildman–Crippen MR) is 130 cm³/mol. The van der Waals surface area contributed by atoms with Gasteiger partial charge in [-0.25, -0.2) is 4.98 Å². The third-order valence-corrected chi connectivity index (χ3v) is 5.76. The first-order valence-electron chi connectivity index (χ1n) is 10.2. The first-order chi connectivity index (χ1) is 14.5. The molecular weight excluding hydrogens is 434 g/mol. The van der Waals surface area contributed by atoms with E-state index in [-0.39, 0.29) is 18.3 Å². The number of hydrogen-bond acceptors (Lipinski definition) is 6. The Hall–Kier alpha value is -2.35. The molecule has 0 unspecified atom stereocenters. The van der Waals surface area contributed by atoms with Gasteiger partial charge in [0.25, 0.3) is 5.91 Å². The molecule has 0 radical (unpaired) electrons. The highest BCUT2D eigenvalue weighted by Crippen LogP contribution is 2.32. The number of anilines is 1. The van der Waals surface area contributed by atoms with Gasteiger partial charge in [0.15, 0.2) is 5.13 Å². The lowest BCUT2D eigenvalue weighted by Gasteiger charge is -2.22. The lowest BCUT2D eigenvalue weighted by molar-refractivity contribution is 0.0985. The molecule has 0 spiro atoms. The summed E-state index contributed by atoms with van der Waals surface area (Å²) >= 11 is 1.51. The number of benzene rings is 2. The number of amides is 1. The molecule has 6 nitrogen and oxygen atoms in total. The molecule has 168 valence electrons. The van der Waals surface area contributed by atoms with E-state index in [2.05, 4.69) is 11.8 Å². The Morgan fingerprint density at radius 2 is 1.77 bits per heavy atom. The highest BCUT2D eigenvalue weighted by Gasteiger charge is 2.21. The third-order valence-electron chi connectivity index (χ3n) is 4.70. The minimum atomic E-state index is -0.0667. The minimum Gasteiger partial charge on any atom is -0.497 e. The van der Waals surface area contributed by atoms with Gasteiger partial charge in [-0.2, -0.15) is 0 Å². The summed E-state index contributed by atoms with van der Waals surface area (Å²) in [5.41, 5.74) is 1.45. The van der Waals surface area contributed by atoms with Crippen molar-refractivity contribution in [1.82, 2.24) is 9.88 Å². The van der Waals surface area contributed by atoms with Crippen LogP contribution in [0, 0.1) is 0 Å². The Balaban J connectivity index is 0.00000341. The van der Waals surface area contributed by atoms with Gasteiger partial charge < -0.3 is 14.4 Å². The van der Waals surface area contributed by atoms with Crippen LogP contribution in [-0.4, -0.2) is 56.7 Å². The Kier molecular flexibility index (Phi) is 9.55.